The zero-order chi connectivity index (χ0) is 14.8. The first kappa shape index (κ1) is 17.1. The normalized spacial score (nSPS) is 12.6. The third-order valence-electron chi connectivity index (χ3n) is 2.55. The molecule has 1 aromatic rings. The Balaban J connectivity index is 2.20. The lowest BCUT2D eigenvalue weighted by molar-refractivity contribution is -0.116. The van der Waals surface area contributed by atoms with Crippen molar-refractivity contribution in [3.05, 3.63) is 46.3 Å². The summed E-state index contributed by atoms with van der Waals surface area (Å²) in [7, 11) is 1.66. The van der Waals surface area contributed by atoms with Crippen LogP contribution in [-0.2, 0) is 15.3 Å². The minimum Gasteiger partial charge on any atom is -0.384 e. The smallest absolute Gasteiger partial charge is 0.244 e. The van der Waals surface area contributed by atoms with Gasteiger partial charge in [-0.15, -0.1) is 11.8 Å². The van der Waals surface area contributed by atoms with E-state index in [-0.39, 0.29) is 5.91 Å². The van der Waals surface area contributed by atoms with Gasteiger partial charge in [-0.05, 0) is 29.0 Å². The van der Waals surface area contributed by atoms with E-state index in [2.05, 4.69) is 5.32 Å². The molecule has 110 valence electrons. The van der Waals surface area contributed by atoms with Crippen molar-refractivity contribution in [2.75, 3.05) is 20.3 Å². The van der Waals surface area contributed by atoms with Gasteiger partial charge in [0, 0.05) is 30.5 Å². The van der Waals surface area contributed by atoms with Crippen LogP contribution in [-0.4, -0.2) is 26.2 Å². The van der Waals surface area contributed by atoms with E-state index in [4.69, 9.17) is 16.3 Å². The molecule has 5 heteroatoms. The summed E-state index contributed by atoms with van der Waals surface area (Å²) < 4.78 is 5.01. The van der Waals surface area contributed by atoms with Crippen LogP contribution in [0, 0.1) is 5.92 Å². The lowest BCUT2D eigenvalue weighted by atomic mass is 10.2. The van der Waals surface area contributed by atoms with Gasteiger partial charge in [0.1, 0.15) is 0 Å². The Bertz CT molecular complexity index is 434. The Hall–Kier alpha value is -0.970. The van der Waals surface area contributed by atoms with Crippen molar-refractivity contribution >= 4 is 29.3 Å². The Morgan fingerprint density at radius 1 is 1.45 bits per heavy atom. The molecule has 0 aliphatic carbocycles. The highest BCUT2D eigenvalue weighted by molar-refractivity contribution is 8.01. The number of amides is 1. The van der Waals surface area contributed by atoms with Crippen LogP contribution in [0.4, 0.5) is 0 Å². The molecule has 0 aliphatic heterocycles. The first-order valence-electron chi connectivity index (χ1n) is 6.41. The van der Waals surface area contributed by atoms with Crippen molar-refractivity contribution in [3.63, 3.8) is 0 Å². The monoisotopic (exact) mass is 313 g/mol. The molecule has 1 unspecified atom stereocenters. The molecule has 20 heavy (non-hydrogen) atoms. The van der Waals surface area contributed by atoms with E-state index in [0.717, 1.165) is 10.8 Å². The SMILES string of the molecule is COCC(C)CNC(=O)/C=C\SCc1ccc(Cl)cc1. The van der Waals surface area contributed by atoms with E-state index < -0.39 is 0 Å². The summed E-state index contributed by atoms with van der Waals surface area (Å²) in [5.41, 5.74) is 1.18. The van der Waals surface area contributed by atoms with Crippen LogP contribution in [0.25, 0.3) is 0 Å². The molecule has 0 fully saturated rings. The number of ether oxygens (including phenoxy) is 1. The Kier molecular flexibility index (Phi) is 8.42. The maximum atomic E-state index is 11.5. The standard InChI is InChI=1S/C15H20ClNO2S/c1-12(10-19-2)9-17-15(18)7-8-20-11-13-3-5-14(16)6-4-13/h3-8,12H,9-11H2,1-2H3,(H,17,18)/b8-7-. The number of hydrogen-bond donors (Lipinski definition) is 1. The molecule has 0 bridgehead atoms. The van der Waals surface area contributed by atoms with E-state index in [0.29, 0.717) is 19.1 Å². The van der Waals surface area contributed by atoms with Crippen molar-refractivity contribution in [1.82, 2.24) is 5.32 Å². The highest BCUT2D eigenvalue weighted by Gasteiger charge is 2.02. The molecule has 1 aromatic carbocycles. The highest BCUT2D eigenvalue weighted by atomic mass is 35.5. The van der Waals surface area contributed by atoms with Crippen LogP contribution < -0.4 is 5.32 Å². The Morgan fingerprint density at radius 2 is 2.15 bits per heavy atom. The summed E-state index contributed by atoms with van der Waals surface area (Å²) in [6.07, 6.45) is 1.56. The lowest BCUT2D eigenvalue weighted by Crippen LogP contribution is -2.28. The average molecular weight is 314 g/mol. The predicted molar refractivity (Wildman–Crippen MR) is 85.9 cm³/mol. The van der Waals surface area contributed by atoms with Crippen LogP contribution in [0.15, 0.2) is 35.7 Å². The van der Waals surface area contributed by atoms with Gasteiger partial charge in [0.15, 0.2) is 0 Å². The molecule has 0 spiro atoms. The van der Waals surface area contributed by atoms with Gasteiger partial charge >= 0.3 is 0 Å². The van der Waals surface area contributed by atoms with E-state index in [1.165, 1.54) is 5.56 Å². The summed E-state index contributed by atoms with van der Waals surface area (Å²) in [6.45, 7) is 3.30. The van der Waals surface area contributed by atoms with Crippen LogP contribution in [0.3, 0.4) is 0 Å². The summed E-state index contributed by atoms with van der Waals surface area (Å²) in [4.78, 5) is 11.5. The maximum Gasteiger partial charge on any atom is 0.244 e. The van der Waals surface area contributed by atoms with Crippen molar-refractivity contribution in [1.29, 1.82) is 0 Å². The third kappa shape index (κ3) is 7.58. The number of thioether (sulfide) groups is 1. The molecule has 0 radical (unpaired) electrons. The molecule has 1 amide bonds. The van der Waals surface area contributed by atoms with Crippen LogP contribution >= 0.6 is 23.4 Å². The Morgan fingerprint density at radius 3 is 2.80 bits per heavy atom. The third-order valence-corrected chi connectivity index (χ3v) is 3.64. The van der Waals surface area contributed by atoms with Crippen LogP contribution in [0.2, 0.25) is 5.02 Å². The van der Waals surface area contributed by atoms with E-state index in [1.807, 2.05) is 36.6 Å². The fourth-order valence-corrected chi connectivity index (χ4v) is 2.34. The molecular formula is C15H20ClNO2S. The first-order chi connectivity index (χ1) is 9.61. The van der Waals surface area contributed by atoms with Gasteiger partial charge in [0.25, 0.3) is 0 Å². The van der Waals surface area contributed by atoms with Crippen molar-refractivity contribution in [3.8, 4) is 0 Å². The van der Waals surface area contributed by atoms with Gasteiger partial charge in [-0.2, -0.15) is 0 Å². The van der Waals surface area contributed by atoms with E-state index in [9.17, 15) is 4.79 Å². The fourth-order valence-electron chi connectivity index (χ4n) is 1.51. The molecule has 0 aromatic heterocycles. The zero-order valence-electron chi connectivity index (χ0n) is 11.8. The minimum atomic E-state index is -0.0726. The molecule has 1 rings (SSSR count). The summed E-state index contributed by atoms with van der Waals surface area (Å²) in [5, 5.41) is 5.38. The quantitative estimate of drug-likeness (QED) is 0.747. The number of halogens is 1. The number of nitrogens with one attached hydrogen (secondary N) is 1. The second kappa shape index (κ2) is 9.86. The molecule has 0 heterocycles. The van der Waals surface area contributed by atoms with Gasteiger partial charge in [-0.1, -0.05) is 30.7 Å². The highest BCUT2D eigenvalue weighted by Crippen LogP contribution is 2.15. The van der Waals surface area contributed by atoms with E-state index in [1.54, 1.807) is 24.9 Å². The summed E-state index contributed by atoms with van der Waals surface area (Å²) >= 11 is 7.39. The Labute approximate surface area is 129 Å². The number of carbonyl (C=O) groups is 1. The van der Waals surface area contributed by atoms with Gasteiger partial charge in [-0.3, -0.25) is 4.79 Å². The van der Waals surface area contributed by atoms with Crippen LogP contribution in [0.1, 0.15) is 12.5 Å². The summed E-state index contributed by atoms with van der Waals surface area (Å²) in [6, 6.07) is 7.70. The minimum absolute atomic E-state index is 0.0726. The predicted octanol–water partition coefficient (Wildman–Crippen LogP) is 3.49. The number of benzene rings is 1. The van der Waals surface area contributed by atoms with Crippen molar-refractivity contribution in [2.24, 2.45) is 5.92 Å². The van der Waals surface area contributed by atoms with Gasteiger partial charge in [0.05, 0.1) is 6.61 Å². The second-order valence-electron chi connectivity index (χ2n) is 4.55. The van der Waals surface area contributed by atoms with Crippen molar-refractivity contribution < 1.29 is 9.53 Å². The topological polar surface area (TPSA) is 38.3 Å². The fraction of sp³-hybridized carbons (Fsp3) is 0.400. The summed E-state index contributed by atoms with van der Waals surface area (Å²) in [5.74, 6) is 1.07. The van der Waals surface area contributed by atoms with Crippen molar-refractivity contribution in [2.45, 2.75) is 12.7 Å². The molecule has 1 N–H and O–H groups in total. The number of methoxy groups -OCH3 is 1. The molecule has 1 atom stereocenters. The number of rotatable bonds is 8. The lowest BCUT2D eigenvalue weighted by Gasteiger charge is -2.09. The number of carbonyl (C=O) groups excluding carboxylic acids is 1. The molecule has 3 nitrogen and oxygen atoms in total. The van der Waals surface area contributed by atoms with Gasteiger partial charge in [-0.25, -0.2) is 0 Å². The molecule has 0 saturated carbocycles. The molecule has 0 saturated heterocycles. The zero-order valence-corrected chi connectivity index (χ0v) is 13.3. The number of hydrogen-bond acceptors (Lipinski definition) is 3. The second-order valence-corrected chi connectivity index (χ2v) is 5.88. The molecular weight excluding hydrogens is 294 g/mol. The first-order valence-corrected chi connectivity index (χ1v) is 7.84. The largest absolute Gasteiger partial charge is 0.384 e. The molecule has 0 aliphatic rings. The van der Waals surface area contributed by atoms with Crippen LogP contribution in [0.5, 0.6) is 0 Å². The average Bonchev–Trinajstić information content (AvgIpc) is 2.43. The maximum absolute atomic E-state index is 11.5. The van der Waals surface area contributed by atoms with Gasteiger partial charge < -0.3 is 10.1 Å². The van der Waals surface area contributed by atoms with E-state index >= 15 is 0 Å². The van der Waals surface area contributed by atoms with Gasteiger partial charge in [0.2, 0.25) is 5.91 Å².